The van der Waals surface area contributed by atoms with Crippen molar-refractivity contribution in [3.63, 3.8) is 0 Å². The molecule has 0 bridgehead atoms. The van der Waals surface area contributed by atoms with Crippen molar-refractivity contribution in [1.82, 2.24) is 19.4 Å². The highest BCUT2D eigenvalue weighted by atomic mass is 32.1. The number of hydrogen-bond acceptors (Lipinski definition) is 7. The number of amides is 2. The van der Waals surface area contributed by atoms with Crippen molar-refractivity contribution >= 4 is 33.3 Å². The number of anilines is 1. The Morgan fingerprint density at radius 2 is 1.71 bits per heavy atom. The minimum atomic E-state index is -0.789. The van der Waals surface area contributed by atoms with Gasteiger partial charge in [-0.15, -0.1) is 11.3 Å². The number of carbonyl (C=O) groups excluding carboxylic acids is 1. The number of rotatable bonds is 14. The van der Waals surface area contributed by atoms with Gasteiger partial charge >= 0.3 is 11.7 Å². The molecule has 0 spiro atoms. The smallest absolute Gasteiger partial charge is 0.332 e. The first kappa shape index (κ1) is 34.0. The quantitative estimate of drug-likeness (QED) is 0.203. The van der Waals surface area contributed by atoms with Gasteiger partial charge in [-0.25, -0.2) is 18.4 Å². The summed E-state index contributed by atoms with van der Waals surface area (Å²) in [5, 5.41) is 5.74. The molecule has 2 N–H and O–H groups in total. The summed E-state index contributed by atoms with van der Waals surface area (Å²) in [7, 11) is 3.50. The van der Waals surface area contributed by atoms with Crippen molar-refractivity contribution in [3.05, 3.63) is 86.1 Å². The number of thiophene rings is 1. The number of halogens is 2. The monoisotopic (exact) mass is 643 g/mol. The Labute approximate surface area is 264 Å². The van der Waals surface area contributed by atoms with E-state index in [1.807, 2.05) is 44.9 Å². The van der Waals surface area contributed by atoms with Crippen LogP contribution < -0.4 is 21.9 Å². The van der Waals surface area contributed by atoms with E-state index in [1.165, 1.54) is 22.0 Å². The zero-order valence-electron chi connectivity index (χ0n) is 26.1. The van der Waals surface area contributed by atoms with Gasteiger partial charge in [0.25, 0.3) is 5.56 Å². The number of methoxy groups -OCH3 is 1. The van der Waals surface area contributed by atoms with Crippen LogP contribution in [0, 0.1) is 11.6 Å². The Balaban J connectivity index is 1.95. The second kappa shape index (κ2) is 15.4. The van der Waals surface area contributed by atoms with E-state index in [1.54, 1.807) is 19.2 Å². The molecule has 0 aliphatic carbocycles. The number of carbonyl (C=O) groups is 1. The molecular weight excluding hydrogens is 604 g/mol. The summed E-state index contributed by atoms with van der Waals surface area (Å²) in [4.78, 5) is 43.1. The first-order valence-electron chi connectivity index (χ1n) is 14.7. The molecule has 0 aliphatic heterocycles. The molecule has 0 aliphatic rings. The lowest BCUT2D eigenvalue weighted by molar-refractivity contribution is 0.0715. The Morgan fingerprint density at radius 1 is 1.02 bits per heavy atom. The average Bonchev–Trinajstić information content (AvgIpc) is 3.36. The maximum Gasteiger partial charge on any atom is 0.332 e. The van der Waals surface area contributed by atoms with Crippen LogP contribution in [0.5, 0.6) is 0 Å². The van der Waals surface area contributed by atoms with Gasteiger partial charge in [0.1, 0.15) is 16.5 Å². The number of urea groups is 1. The lowest BCUT2D eigenvalue weighted by atomic mass is 10.1. The minimum Gasteiger partial charge on any atom is -0.383 e. The van der Waals surface area contributed by atoms with Gasteiger partial charge in [0, 0.05) is 42.9 Å². The molecule has 45 heavy (non-hydrogen) atoms. The van der Waals surface area contributed by atoms with E-state index in [-0.39, 0.29) is 30.9 Å². The van der Waals surface area contributed by atoms with Crippen LogP contribution in [0.15, 0.2) is 52.1 Å². The molecule has 10 nitrogen and oxygen atoms in total. The lowest BCUT2D eigenvalue weighted by Gasteiger charge is -2.18. The highest BCUT2D eigenvalue weighted by molar-refractivity contribution is 7.22. The number of hydrogen-bond donors (Lipinski definition) is 2. The van der Waals surface area contributed by atoms with E-state index in [0.717, 1.165) is 22.3 Å². The van der Waals surface area contributed by atoms with Gasteiger partial charge < -0.3 is 20.1 Å². The molecule has 242 valence electrons. The fraction of sp³-hybridized carbons (Fsp3) is 0.406. The molecule has 0 saturated heterocycles. The number of ether oxygens (including phenoxy) is 2. The van der Waals surface area contributed by atoms with Crippen LogP contribution in [-0.4, -0.2) is 66.6 Å². The lowest BCUT2D eigenvalue weighted by Crippen LogP contribution is -2.41. The molecule has 13 heteroatoms. The van der Waals surface area contributed by atoms with Crippen LogP contribution in [0.4, 0.5) is 19.3 Å². The molecular formula is C32H39F2N5O5S. The molecule has 2 aromatic heterocycles. The van der Waals surface area contributed by atoms with Crippen molar-refractivity contribution in [1.29, 1.82) is 0 Å². The zero-order chi connectivity index (χ0) is 32.7. The highest BCUT2D eigenvalue weighted by Crippen LogP contribution is 2.38. The fourth-order valence-electron chi connectivity index (χ4n) is 4.90. The summed E-state index contributed by atoms with van der Waals surface area (Å²) in [6, 6.07) is 10.3. The Bertz CT molecular complexity index is 1730. The van der Waals surface area contributed by atoms with E-state index in [0.29, 0.717) is 52.6 Å². The minimum absolute atomic E-state index is 0.0319. The summed E-state index contributed by atoms with van der Waals surface area (Å²) >= 11 is 1.21. The van der Waals surface area contributed by atoms with Crippen molar-refractivity contribution in [2.75, 3.05) is 45.8 Å². The summed E-state index contributed by atoms with van der Waals surface area (Å²) in [5.74, 6) is -1.58. The van der Waals surface area contributed by atoms with Gasteiger partial charge in [-0.3, -0.25) is 18.8 Å². The number of likely N-dealkylation sites (N-methyl/N-ethyl adjacent to an activating group) is 1. The summed E-state index contributed by atoms with van der Waals surface area (Å²) in [6.07, 6.45) is -0.123. The van der Waals surface area contributed by atoms with Gasteiger partial charge in [-0.2, -0.15) is 0 Å². The molecule has 0 unspecified atom stereocenters. The van der Waals surface area contributed by atoms with Gasteiger partial charge in [-0.05, 0) is 63.2 Å². The van der Waals surface area contributed by atoms with Crippen LogP contribution >= 0.6 is 11.3 Å². The first-order valence-corrected chi connectivity index (χ1v) is 15.5. The first-order chi connectivity index (χ1) is 21.5. The summed E-state index contributed by atoms with van der Waals surface area (Å²) in [5.41, 5.74) is 0.529. The Hall–Kier alpha value is -3.91. The normalized spacial score (nSPS) is 11.6. The average molecular weight is 644 g/mol. The van der Waals surface area contributed by atoms with E-state index in [9.17, 15) is 23.2 Å². The van der Waals surface area contributed by atoms with Crippen LogP contribution in [-0.2, 0) is 29.1 Å². The predicted molar refractivity (Wildman–Crippen MR) is 173 cm³/mol. The SMILES string of the molecule is CCNC(=O)Nc1ccc(-c2sc3c(c2CN(C)CCOC)c(=O)n(CCOC(C)C)c(=O)n3Cc2c(F)cccc2F)cc1. The van der Waals surface area contributed by atoms with Crippen molar-refractivity contribution in [3.8, 4) is 10.4 Å². The number of fused-ring (bicyclic) bond motifs is 1. The molecule has 0 atom stereocenters. The molecule has 0 saturated carbocycles. The molecule has 2 aromatic carbocycles. The predicted octanol–water partition coefficient (Wildman–Crippen LogP) is 4.86. The third kappa shape index (κ3) is 8.03. The van der Waals surface area contributed by atoms with Crippen molar-refractivity contribution in [2.45, 2.75) is 46.5 Å². The number of benzene rings is 2. The number of nitrogens with zero attached hydrogens (tertiary/aromatic N) is 3. The van der Waals surface area contributed by atoms with E-state index < -0.39 is 29.4 Å². The molecule has 0 fully saturated rings. The Morgan fingerprint density at radius 3 is 2.33 bits per heavy atom. The van der Waals surface area contributed by atoms with E-state index in [4.69, 9.17) is 9.47 Å². The summed E-state index contributed by atoms with van der Waals surface area (Å²) < 4.78 is 43.0. The van der Waals surface area contributed by atoms with Gasteiger partial charge in [0.15, 0.2) is 0 Å². The molecule has 0 radical (unpaired) electrons. The van der Waals surface area contributed by atoms with E-state index in [2.05, 4.69) is 10.6 Å². The third-order valence-corrected chi connectivity index (χ3v) is 8.45. The fourth-order valence-corrected chi connectivity index (χ4v) is 6.20. The molecule has 2 heterocycles. The standard InChI is InChI=1S/C32H39F2N5O5S/c1-6-35-31(41)36-22-12-10-21(11-13-22)28-24(18-37(4)14-16-43-5)27-29(40)38(15-17-44-20(2)3)32(42)39(30(27)45-28)19-23-25(33)8-7-9-26(23)34/h7-13,20H,6,14-19H2,1-5H3,(H2,35,36,41). The van der Waals surface area contributed by atoms with E-state index >= 15 is 0 Å². The van der Waals surface area contributed by atoms with Gasteiger partial charge in [0.05, 0.1) is 37.8 Å². The van der Waals surface area contributed by atoms with Crippen molar-refractivity contribution < 1.29 is 23.0 Å². The molecule has 4 rings (SSSR count). The second-order valence-corrected chi connectivity index (χ2v) is 11.8. The highest BCUT2D eigenvalue weighted by Gasteiger charge is 2.25. The molecule has 2 amide bonds. The topological polar surface area (TPSA) is 107 Å². The van der Waals surface area contributed by atoms with Gasteiger partial charge in [-0.1, -0.05) is 18.2 Å². The second-order valence-electron chi connectivity index (χ2n) is 10.8. The third-order valence-electron chi connectivity index (χ3n) is 7.15. The number of aromatic nitrogens is 2. The molecule has 4 aromatic rings. The van der Waals surface area contributed by atoms with Crippen molar-refractivity contribution in [2.24, 2.45) is 0 Å². The van der Waals surface area contributed by atoms with Crippen LogP contribution in [0.3, 0.4) is 0 Å². The Kier molecular flexibility index (Phi) is 11.6. The summed E-state index contributed by atoms with van der Waals surface area (Å²) in [6.45, 7) is 7.02. The maximum atomic E-state index is 14.9. The largest absolute Gasteiger partial charge is 0.383 e. The van der Waals surface area contributed by atoms with Crippen LogP contribution in [0.1, 0.15) is 31.9 Å². The number of nitrogens with one attached hydrogen (secondary N) is 2. The maximum absolute atomic E-state index is 14.9. The van der Waals surface area contributed by atoms with Crippen LogP contribution in [0.25, 0.3) is 20.7 Å². The van der Waals surface area contributed by atoms with Crippen LogP contribution in [0.2, 0.25) is 0 Å². The van der Waals surface area contributed by atoms with Gasteiger partial charge in [0.2, 0.25) is 0 Å². The zero-order valence-corrected chi connectivity index (χ0v) is 26.9.